The van der Waals surface area contributed by atoms with Gasteiger partial charge in [0.15, 0.2) is 23.2 Å². The molecule has 1 aliphatic rings. The van der Waals surface area contributed by atoms with Crippen LogP contribution in [0.25, 0.3) is 21.9 Å². The van der Waals surface area contributed by atoms with E-state index in [1.54, 1.807) is 28.8 Å². The molecule has 0 spiro atoms. The van der Waals surface area contributed by atoms with Gasteiger partial charge in [-0.2, -0.15) is 0 Å². The van der Waals surface area contributed by atoms with Crippen molar-refractivity contribution in [1.82, 2.24) is 24.8 Å². The molecule has 1 saturated heterocycles. The average Bonchev–Trinajstić information content (AvgIpc) is 3.55. The van der Waals surface area contributed by atoms with Crippen LogP contribution in [0.4, 0.5) is 5.82 Å². The lowest BCUT2D eigenvalue weighted by Gasteiger charge is -2.17. The van der Waals surface area contributed by atoms with Crippen LogP contribution in [0.2, 0.25) is 0 Å². The predicted octanol–water partition coefficient (Wildman–Crippen LogP) is 2.65. The van der Waals surface area contributed by atoms with E-state index in [9.17, 15) is 15.0 Å². The number of aliphatic hydroxyl groups excluding tert-OH is 2. The molecule has 2 aromatic heterocycles. The molecule has 6 rings (SSSR count). The van der Waals surface area contributed by atoms with E-state index in [2.05, 4.69) is 49.9 Å². The molecule has 11 nitrogen and oxygen atoms in total. The van der Waals surface area contributed by atoms with Gasteiger partial charge in [-0.1, -0.05) is 48.5 Å². The van der Waals surface area contributed by atoms with E-state index in [1.165, 1.54) is 19.8 Å². The van der Waals surface area contributed by atoms with Crippen LogP contribution in [0.5, 0.6) is 5.75 Å². The molecule has 4 atom stereocenters. The Labute approximate surface area is 229 Å². The van der Waals surface area contributed by atoms with Gasteiger partial charge in [0.2, 0.25) is 0 Å². The Morgan fingerprint density at radius 2 is 1.85 bits per heavy atom. The average molecular weight is 541 g/mol. The van der Waals surface area contributed by atoms with Crippen molar-refractivity contribution in [2.45, 2.75) is 31.1 Å². The molecule has 4 N–H and O–H groups in total. The summed E-state index contributed by atoms with van der Waals surface area (Å²) in [5.41, 5.74) is 2.46. The van der Waals surface area contributed by atoms with Crippen LogP contribution in [0.1, 0.15) is 22.1 Å². The van der Waals surface area contributed by atoms with Gasteiger partial charge in [-0.05, 0) is 34.5 Å². The standard InChI is InChI=1S/C29H28N6O5/c1-39-20-10-5-8-18(12-20)28(38)31-14-22-24(36)25(37)29(40-22)35-16-34-23-26(32-15-33-27(23)35)30-13-19-9-4-7-17-6-2-3-11-21(17)19/h2-12,15-16,22,24-25,29,36-37H,13-14H2,1H3,(H,31,38)(H,30,32,33)/t22-,24-,25-,29-/m1/s1. The van der Waals surface area contributed by atoms with Gasteiger partial charge in [0.25, 0.3) is 5.91 Å². The molecule has 0 radical (unpaired) electrons. The van der Waals surface area contributed by atoms with Gasteiger partial charge in [0, 0.05) is 18.7 Å². The van der Waals surface area contributed by atoms with Crippen molar-refractivity contribution in [3.63, 3.8) is 0 Å². The molecule has 204 valence electrons. The number of imidazole rings is 1. The Morgan fingerprint density at radius 3 is 2.73 bits per heavy atom. The van der Waals surface area contributed by atoms with Crippen LogP contribution in [0, 0.1) is 0 Å². The van der Waals surface area contributed by atoms with Crippen molar-refractivity contribution in [2.24, 2.45) is 0 Å². The zero-order valence-corrected chi connectivity index (χ0v) is 21.6. The highest BCUT2D eigenvalue weighted by Crippen LogP contribution is 2.32. The maximum absolute atomic E-state index is 12.6. The SMILES string of the molecule is COc1cccc(C(=O)NC[C@H]2O[C@@H](n3cnc4c(NCc5cccc6ccccc56)ncnc43)[C@H](O)[C@@H]2O)c1. The Hall–Kier alpha value is -4.58. The van der Waals surface area contributed by atoms with Gasteiger partial charge in [-0.25, -0.2) is 15.0 Å². The lowest BCUT2D eigenvalue weighted by molar-refractivity contribution is -0.0337. The molecular weight excluding hydrogens is 512 g/mol. The van der Waals surface area contributed by atoms with Gasteiger partial charge in [-0.15, -0.1) is 0 Å². The molecular formula is C29H28N6O5. The summed E-state index contributed by atoms with van der Waals surface area (Å²) in [6, 6.07) is 21.0. The summed E-state index contributed by atoms with van der Waals surface area (Å²) in [4.78, 5) is 25.8. The van der Waals surface area contributed by atoms with Gasteiger partial charge < -0.3 is 30.3 Å². The number of carbonyl (C=O) groups is 1. The first-order valence-electron chi connectivity index (χ1n) is 12.9. The molecule has 3 heterocycles. The minimum absolute atomic E-state index is 0.00970. The lowest BCUT2D eigenvalue weighted by Crippen LogP contribution is -2.39. The Balaban J connectivity index is 1.17. The van der Waals surface area contributed by atoms with E-state index >= 15 is 0 Å². The Bertz CT molecular complexity index is 1670. The molecule has 5 aromatic rings. The third kappa shape index (κ3) is 4.81. The van der Waals surface area contributed by atoms with Gasteiger partial charge in [0.05, 0.1) is 13.4 Å². The summed E-state index contributed by atoms with van der Waals surface area (Å²) in [5, 5.41) is 29.9. The third-order valence-corrected chi connectivity index (χ3v) is 7.09. The first-order chi connectivity index (χ1) is 19.5. The van der Waals surface area contributed by atoms with Crippen molar-refractivity contribution >= 4 is 33.7 Å². The van der Waals surface area contributed by atoms with Crippen molar-refractivity contribution in [2.75, 3.05) is 19.0 Å². The second kappa shape index (κ2) is 10.9. The van der Waals surface area contributed by atoms with Crippen LogP contribution < -0.4 is 15.4 Å². The first-order valence-corrected chi connectivity index (χ1v) is 12.9. The molecule has 1 fully saturated rings. The number of aromatic nitrogens is 4. The lowest BCUT2D eigenvalue weighted by atomic mass is 10.0. The van der Waals surface area contributed by atoms with E-state index < -0.39 is 24.5 Å². The van der Waals surface area contributed by atoms with E-state index in [0.29, 0.717) is 34.8 Å². The topological polar surface area (TPSA) is 144 Å². The number of nitrogens with one attached hydrogen (secondary N) is 2. The van der Waals surface area contributed by atoms with Crippen molar-refractivity contribution < 1.29 is 24.5 Å². The molecule has 11 heteroatoms. The zero-order chi connectivity index (χ0) is 27.6. The number of rotatable bonds is 8. The number of methoxy groups -OCH3 is 1. The maximum Gasteiger partial charge on any atom is 0.251 e. The maximum atomic E-state index is 12.6. The number of carbonyl (C=O) groups excluding carboxylic acids is 1. The Morgan fingerprint density at radius 1 is 1.02 bits per heavy atom. The van der Waals surface area contributed by atoms with Gasteiger partial charge in [0.1, 0.15) is 30.4 Å². The first kappa shape index (κ1) is 25.7. The van der Waals surface area contributed by atoms with Crippen LogP contribution >= 0.6 is 0 Å². The number of amides is 1. The summed E-state index contributed by atoms with van der Waals surface area (Å²) in [7, 11) is 1.52. The number of hydrogen-bond donors (Lipinski definition) is 4. The molecule has 0 saturated carbocycles. The highest BCUT2D eigenvalue weighted by Gasteiger charge is 2.44. The predicted molar refractivity (Wildman–Crippen MR) is 148 cm³/mol. The fraction of sp³-hybridized carbons (Fsp3) is 0.241. The number of hydrogen-bond acceptors (Lipinski definition) is 9. The summed E-state index contributed by atoms with van der Waals surface area (Å²) < 4.78 is 12.7. The van der Waals surface area contributed by atoms with E-state index in [-0.39, 0.29) is 12.5 Å². The van der Waals surface area contributed by atoms with Crippen LogP contribution in [0.3, 0.4) is 0 Å². The van der Waals surface area contributed by atoms with Crippen molar-refractivity contribution in [1.29, 1.82) is 0 Å². The summed E-state index contributed by atoms with van der Waals surface area (Å²) in [6.45, 7) is 0.515. The van der Waals surface area contributed by atoms with Crippen LogP contribution in [-0.4, -0.2) is 67.6 Å². The molecule has 40 heavy (non-hydrogen) atoms. The van der Waals surface area contributed by atoms with E-state index in [0.717, 1.165) is 16.3 Å². The van der Waals surface area contributed by atoms with Crippen LogP contribution in [0.15, 0.2) is 79.4 Å². The third-order valence-electron chi connectivity index (χ3n) is 7.09. The number of benzene rings is 3. The van der Waals surface area contributed by atoms with E-state index in [1.807, 2.05) is 18.2 Å². The van der Waals surface area contributed by atoms with Crippen molar-refractivity contribution in [3.8, 4) is 5.75 Å². The van der Waals surface area contributed by atoms with E-state index in [4.69, 9.17) is 9.47 Å². The number of anilines is 1. The fourth-order valence-electron chi connectivity index (χ4n) is 4.98. The van der Waals surface area contributed by atoms with Gasteiger partial charge in [-0.3, -0.25) is 9.36 Å². The molecule has 1 amide bonds. The summed E-state index contributed by atoms with van der Waals surface area (Å²) in [6.07, 6.45) is -1.40. The molecule has 0 aliphatic carbocycles. The highest BCUT2D eigenvalue weighted by atomic mass is 16.6. The molecule has 0 bridgehead atoms. The van der Waals surface area contributed by atoms with Crippen molar-refractivity contribution in [3.05, 3.63) is 90.5 Å². The minimum Gasteiger partial charge on any atom is -0.497 e. The summed E-state index contributed by atoms with van der Waals surface area (Å²) >= 11 is 0. The zero-order valence-electron chi connectivity index (χ0n) is 21.6. The van der Waals surface area contributed by atoms with Crippen LogP contribution in [-0.2, 0) is 11.3 Å². The number of nitrogens with zero attached hydrogens (tertiary/aromatic N) is 4. The normalized spacial score (nSPS) is 20.6. The number of aliphatic hydroxyl groups is 2. The smallest absolute Gasteiger partial charge is 0.251 e. The minimum atomic E-state index is -1.27. The summed E-state index contributed by atoms with van der Waals surface area (Å²) in [5.74, 6) is 0.738. The Kier molecular flexibility index (Phi) is 6.99. The molecule has 0 unspecified atom stereocenters. The highest BCUT2D eigenvalue weighted by molar-refractivity contribution is 5.94. The quantitative estimate of drug-likeness (QED) is 0.234. The number of fused-ring (bicyclic) bond motifs is 2. The second-order valence-electron chi connectivity index (χ2n) is 9.53. The molecule has 3 aromatic carbocycles. The molecule has 1 aliphatic heterocycles. The van der Waals surface area contributed by atoms with Gasteiger partial charge >= 0.3 is 0 Å². The monoisotopic (exact) mass is 540 g/mol. The largest absolute Gasteiger partial charge is 0.497 e. The fourth-order valence-corrected chi connectivity index (χ4v) is 4.98. The second-order valence-corrected chi connectivity index (χ2v) is 9.53. The number of ether oxygens (including phenoxy) is 2.